The summed E-state index contributed by atoms with van der Waals surface area (Å²) in [7, 11) is 1.64. The zero-order valence-corrected chi connectivity index (χ0v) is 15.9. The highest BCUT2D eigenvalue weighted by molar-refractivity contribution is 6.35. The number of phenolic OH excluding ortho intramolecular Hbond substituents is 1. The number of hydrogen-bond acceptors (Lipinski definition) is 5. The summed E-state index contributed by atoms with van der Waals surface area (Å²) in [5, 5.41) is 12.0. The van der Waals surface area contributed by atoms with Gasteiger partial charge in [-0.25, -0.2) is 0 Å². The number of amides is 2. The van der Waals surface area contributed by atoms with Crippen molar-refractivity contribution in [2.24, 2.45) is 0 Å². The van der Waals surface area contributed by atoms with Gasteiger partial charge in [-0.3, -0.25) is 9.59 Å². The minimum absolute atomic E-state index is 0.204. The van der Waals surface area contributed by atoms with E-state index < -0.39 is 11.8 Å². The van der Waals surface area contributed by atoms with Crippen molar-refractivity contribution in [2.75, 3.05) is 44.7 Å². The molecular weight excluding hydrogens is 358 g/mol. The van der Waals surface area contributed by atoms with Crippen molar-refractivity contribution in [2.45, 2.75) is 6.42 Å². The van der Waals surface area contributed by atoms with Gasteiger partial charge in [0.15, 0.2) is 0 Å². The minimum Gasteiger partial charge on any atom is -0.508 e. The summed E-state index contributed by atoms with van der Waals surface area (Å²) in [5.41, 5.74) is 1.98. The standard InChI is InChI=1S/C21H25N3O4/c1-28-19-5-3-2-4-18(19)23-12-14-24(15-13-23)21(27)20(26)22-11-10-16-6-8-17(25)9-7-16/h2-9,25H,10-15H2,1H3,(H,22,26). The number of para-hydroxylation sites is 2. The smallest absolute Gasteiger partial charge is 0.312 e. The Kier molecular flexibility index (Phi) is 6.37. The number of anilines is 1. The molecule has 1 aliphatic heterocycles. The Bertz CT molecular complexity index is 815. The zero-order chi connectivity index (χ0) is 19.9. The molecule has 0 unspecified atom stereocenters. The summed E-state index contributed by atoms with van der Waals surface area (Å²) in [5.74, 6) is -0.0700. The van der Waals surface area contributed by atoms with E-state index in [1.165, 1.54) is 0 Å². The van der Waals surface area contributed by atoms with Crippen LogP contribution in [0.3, 0.4) is 0 Å². The van der Waals surface area contributed by atoms with Gasteiger partial charge in [-0.15, -0.1) is 0 Å². The van der Waals surface area contributed by atoms with Crippen LogP contribution in [0.25, 0.3) is 0 Å². The van der Waals surface area contributed by atoms with Crippen LogP contribution in [-0.4, -0.2) is 61.7 Å². The van der Waals surface area contributed by atoms with Crippen molar-refractivity contribution in [1.82, 2.24) is 10.2 Å². The van der Waals surface area contributed by atoms with Gasteiger partial charge in [-0.1, -0.05) is 24.3 Å². The fourth-order valence-electron chi connectivity index (χ4n) is 3.24. The summed E-state index contributed by atoms with van der Waals surface area (Å²) in [6.07, 6.45) is 0.598. The number of ether oxygens (including phenoxy) is 1. The van der Waals surface area contributed by atoms with E-state index >= 15 is 0 Å². The number of carbonyl (C=O) groups excluding carboxylic acids is 2. The molecule has 2 amide bonds. The van der Waals surface area contributed by atoms with Crippen LogP contribution in [0, 0.1) is 0 Å². The Balaban J connectivity index is 1.46. The molecule has 1 fully saturated rings. The first-order valence-electron chi connectivity index (χ1n) is 9.31. The number of nitrogens with one attached hydrogen (secondary N) is 1. The molecule has 0 saturated carbocycles. The van der Waals surface area contributed by atoms with Crippen LogP contribution in [0.15, 0.2) is 48.5 Å². The Morgan fingerprint density at radius 3 is 2.39 bits per heavy atom. The molecule has 0 spiro atoms. The van der Waals surface area contributed by atoms with Gasteiger partial charge in [-0.2, -0.15) is 0 Å². The molecule has 0 aliphatic carbocycles. The quantitative estimate of drug-likeness (QED) is 0.763. The number of benzene rings is 2. The highest BCUT2D eigenvalue weighted by Crippen LogP contribution is 2.28. The number of methoxy groups -OCH3 is 1. The molecule has 1 aliphatic rings. The van der Waals surface area contributed by atoms with E-state index in [-0.39, 0.29) is 5.75 Å². The molecule has 7 heteroatoms. The van der Waals surface area contributed by atoms with Gasteiger partial charge in [-0.05, 0) is 36.2 Å². The minimum atomic E-state index is -0.579. The third-order valence-corrected chi connectivity index (χ3v) is 4.82. The van der Waals surface area contributed by atoms with Gasteiger partial charge in [0.1, 0.15) is 11.5 Å². The molecule has 2 N–H and O–H groups in total. The normalized spacial score (nSPS) is 13.9. The second-order valence-corrected chi connectivity index (χ2v) is 6.62. The first kappa shape index (κ1) is 19.5. The second-order valence-electron chi connectivity index (χ2n) is 6.62. The lowest BCUT2D eigenvalue weighted by Gasteiger charge is -2.36. The van der Waals surface area contributed by atoms with E-state index in [9.17, 15) is 14.7 Å². The molecule has 0 aromatic heterocycles. The average molecular weight is 383 g/mol. The first-order chi connectivity index (χ1) is 13.6. The van der Waals surface area contributed by atoms with Crippen LogP contribution >= 0.6 is 0 Å². The zero-order valence-electron chi connectivity index (χ0n) is 15.9. The molecule has 1 saturated heterocycles. The topological polar surface area (TPSA) is 82.1 Å². The van der Waals surface area contributed by atoms with Crippen molar-refractivity contribution in [3.8, 4) is 11.5 Å². The first-order valence-corrected chi connectivity index (χ1v) is 9.31. The molecule has 0 radical (unpaired) electrons. The molecular formula is C21H25N3O4. The number of phenols is 1. The van der Waals surface area contributed by atoms with E-state index in [0.29, 0.717) is 39.1 Å². The van der Waals surface area contributed by atoms with E-state index in [4.69, 9.17) is 4.74 Å². The lowest BCUT2D eigenvalue weighted by molar-refractivity contribution is -0.146. The van der Waals surface area contributed by atoms with Gasteiger partial charge in [0.25, 0.3) is 0 Å². The molecule has 0 bridgehead atoms. The summed E-state index contributed by atoms with van der Waals surface area (Å²) in [6.45, 7) is 2.64. The van der Waals surface area contributed by atoms with Crippen molar-refractivity contribution < 1.29 is 19.4 Å². The van der Waals surface area contributed by atoms with Crippen molar-refractivity contribution in [3.63, 3.8) is 0 Å². The lowest BCUT2D eigenvalue weighted by Crippen LogP contribution is -2.52. The van der Waals surface area contributed by atoms with Crippen molar-refractivity contribution >= 4 is 17.5 Å². The maximum atomic E-state index is 12.4. The van der Waals surface area contributed by atoms with Crippen LogP contribution in [0.4, 0.5) is 5.69 Å². The van der Waals surface area contributed by atoms with Gasteiger partial charge >= 0.3 is 11.8 Å². The van der Waals surface area contributed by atoms with Crippen LogP contribution < -0.4 is 15.0 Å². The molecule has 148 valence electrons. The maximum Gasteiger partial charge on any atom is 0.312 e. The number of hydrogen-bond donors (Lipinski definition) is 2. The predicted molar refractivity (Wildman–Crippen MR) is 107 cm³/mol. The predicted octanol–water partition coefficient (Wildman–Crippen LogP) is 1.41. The van der Waals surface area contributed by atoms with E-state index in [1.54, 1.807) is 36.3 Å². The van der Waals surface area contributed by atoms with E-state index in [1.807, 2.05) is 24.3 Å². The largest absolute Gasteiger partial charge is 0.508 e. The third-order valence-electron chi connectivity index (χ3n) is 4.82. The van der Waals surface area contributed by atoms with Gasteiger partial charge in [0.05, 0.1) is 12.8 Å². The second kappa shape index (κ2) is 9.12. The summed E-state index contributed by atoms with van der Waals surface area (Å²) < 4.78 is 5.40. The van der Waals surface area contributed by atoms with Crippen molar-refractivity contribution in [1.29, 1.82) is 0 Å². The summed E-state index contributed by atoms with van der Waals surface area (Å²) in [4.78, 5) is 28.3. The highest BCUT2D eigenvalue weighted by Gasteiger charge is 2.26. The lowest BCUT2D eigenvalue weighted by atomic mass is 10.1. The van der Waals surface area contributed by atoms with Gasteiger partial charge < -0.3 is 25.0 Å². The third kappa shape index (κ3) is 4.73. The number of aromatic hydroxyl groups is 1. The van der Waals surface area contributed by atoms with Crippen LogP contribution in [0.5, 0.6) is 11.5 Å². The molecule has 28 heavy (non-hydrogen) atoms. The molecule has 3 rings (SSSR count). The number of rotatable bonds is 5. The Morgan fingerprint density at radius 1 is 1.04 bits per heavy atom. The summed E-state index contributed by atoms with van der Waals surface area (Å²) in [6, 6.07) is 14.6. The molecule has 2 aromatic carbocycles. The van der Waals surface area contributed by atoms with E-state index in [0.717, 1.165) is 17.0 Å². The molecule has 1 heterocycles. The Labute approximate surface area is 164 Å². The fourth-order valence-corrected chi connectivity index (χ4v) is 3.24. The number of piperazine rings is 1. The Hall–Kier alpha value is -3.22. The monoisotopic (exact) mass is 383 g/mol. The number of nitrogens with zero attached hydrogens (tertiary/aromatic N) is 2. The Morgan fingerprint density at radius 2 is 1.71 bits per heavy atom. The van der Waals surface area contributed by atoms with Crippen LogP contribution in [-0.2, 0) is 16.0 Å². The van der Waals surface area contributed by atoms with Crippen LogP contribution in [0.1, 0.15) is 5.56 Å². The molecule has 2 aromatic rings. The van der Waals surface area contributed by atoms with Gasteiger partial charge in [0, 0.05) is 32.7 Å². The molecule has 7 nitrogen and oxygen atoms in total. The number of carbonyl (C=O) groups is 2. The highest BCUT2D eigenvalue weighted by atomic mass is 16.5. The van der Waals surface area contributed by atoms with E-state index in [2.05, 4.69) is 10.2 Å². The fraction of sp³-hybridized carbons (Fsp3) is 0.333. The van der Waals surface area contributed by atoms with Crippen molar-refractivity contribution in [3.05, 3.63) is 54.1 Å². The maximum absolute atomic E-state index is 12.4. The van der Waals surface area contributed by atoms with Crippen LogP contribution in [0.2, 0.25) is 0 Å². The summed E-state index contributed by atoms with van der Waals surface area (Å²) >= 11 is 0. The molecule has 0 atom stereocenters. The average Bonchev–Trinajstić information content (AvgIpc) is 2.74. The van der Waals surface area contributed by atoms with Gasteiger partial charge in [0.2, 0.25) is 0 Å². The SMILES string of the molecule is COc1ccccc1N1CCN(C(=O)C(=O)NCCc2ccc(O)cc2)CC1.